The molecule has 1 fully saturated rings. The molecule has 2 aliphatic rings. The van der Waals surface area contributed by atoms with Crippen LogP contribution in [-0.4, -0.2) is 31.2 Å². The third-order valence-electron chi connectivity index (χ3n) is 5.07. The first-order valence-corrected chi connectivity index (χ1v) is 10.1. The van der Waals surface area contributed by atoms with Crippen molar-refractivity contribution in [1.29, 1.82) is 0 Å². The summed E-state index contributed by atoms with van der Waals surface area (Å²) < 4.78 is 21.5. The summed E-state index contributed by atoms with van der Waals surface area (Å²) in [5, 5.41) is 3.27. The minimum Gasteiger partial charge on any atom is -0.465 e. The van der Waals surface area contributed by atoms with Crippen LogP contribution < -0.4 is 15.7 Å². The van der Waals surface area contributed by atoms with Gasteiger partial charge in [0.2, 0.25) is 5.88 Å². The molecule has 158 valence electrons. The van der Waals surface area contributed by atoms with Gasteiger partial charge in [-0.1, -0.05) is 19.3 Å². The van der Waals surface area contributed by atoms with E-state index in [1.165, 1.54) is 6.07 Å². The van der Waals surface area contributed by atoms with Crippen molar-refractivity contribution in [2.45, 2.75) is 64.8 Å². The average molecular weight is 405 g/mol. The van der Waals surface area contributed by atoms with Crippen molar-refractivity contribution in [2.75, 3.05) is 13.2 Å². The van der Waals surface area contributed by atoms with E-state index in [1.807, 2.05) is 0 Å². The highest BCUT2D eigenvalue weighted by molar-refractivity contribution is 6.00. The second kappa shape index (κ2) is 9.15. The molecular formula is C21H27NO7. The summed E-state index contributed by atoms with van der Waals surface area (Å²) in [4.78, 5) is 38.2. The lowest BCUT2D eigenvalue weighted by molar-refractivity contribution is -0.148. The first-order valence-electron chi connectivity index (χ1n) is 10.1. The number of rotatable bonds is 6. The van der Waals surface area contributed by atoms with Crippen LogP contribution in [0.25, 0.3) is 0 Å². The fourth-order valence-electron chi connectivity index (χ4n) is 3.80. The number of esters is 2. The van der Waals surface area contributed by atoms with Gasteiger partial charge in [0.15, 0.2) is 0 Å². The van der Waals surface area contributed by atoms with Crippen molar-refractivity contribution >= 4 is 11.9 Å². The highest BCUT2D eigenvalue weighted by Crippen LogP contribution is 2.39. The predicted molar refractivity (Wildman–Crippen MR) is 103 cm³/mol. The number of carbonyl (C=O) groups is 2. The van der Waals surface area contributed by atoms with Gasteiger partial charge in [0, 0.05) is 12.1 Å². The molecule has 1 aliphatic heterocycles. The van der Waals surface area contributed by atoms with Crippen molar-refractivity contribution in [3.63, 3.8) is 0 Å². The molecule has 0 radical (unpaired) electrons. The molecule has 29 heavy (non-hydrogen) atoms. The Bertz CT molecular complexity index is 864. The van der Waals surface area contributed by atoms with Crippen molar-refractivity contribution < 1.29 is 28.2 Å². The maximum atomic E-state index is 12.8. The summed E-state index contributed by atoms with van der Waals surface area (Å²) in [5.74, 6) is -2.06. The normalized spacial score (nSPS) is 19.2. The summed E-state index contributed by atoms with van der Waals surface area (Å²) in [6.07, 6.45) is 5.16. The summed E-state index contributed by atoms with van der Waals surface area (Å²) in [6, 6.07) is 1.64. The van der Waals surface area contributed by atoms with Crippen molar-refractivity contribution in [3.8, 4) is 5.75 Å². The number of carbonyl (C=O) groups excluding carboxylic acids is 2. The van der Waals surface area contributed by atoms with E-state index < -0.39 is 23.5 Å². The number of hydrogen-bond acceptors (Lipinski definition) is 8. The van der Waals surface area contributed by atoms with E-state index in [-0.39, 0.29) is 42.0 Å². The Morgan fingerprint density at radius 2 is 1.83 bits per heavy atom. The molecule has 0 amide bonds. The molecule has 2 heterocycles. The minimum absolute atomic E-state index is 0.0497. The van der Waals surface area contributed by atoms with Gasteiger partial charge in [-0.2, -0.15) is 0 Å². The number of nitrogens with one attached hydrogen (secondary N) is 1. The van der Waals surface area contributed by atoms with Gasteiger partial charge in [0.1, 0.15) is 23.0 Å². The summed E-state index contributed by atoms with van der Waals surface area (Å²) in [7, 11) is 0. The van der Waals surface area contributed by atoms with Crippen LogP contribution in [0.2, 0.25) is 0 Å². The third kappa shape index (κ3) is 4.46. The molecule has 1 aromatic heterocycles. The molecule has 8 heteroatoms. The zero-order chi connectivity index (χ0) is 21.0. The molecular weight excluding hydrogens is 378 g/mol. The molecule has 1 atom stereocenters. The van der Waals surface area contributed by atoms with Crippen LogP contribution in [0.5, 0.6) is 5.75 Å². The topological polar surface area (TPSA) is 104 Å². The van der Waals surface area contributed by atoms with Gasteiger partial charge in [-0.05, 0) is 33.6 Å². The fraction of sp³-hybridized carbons (Fsp3) is 0.571. The van der Waals surface area contributed by atoms with Gasteiger partial charge in [0.05, 0.1) is 18.8 Å². The van der Waals surface area contributed by atoms with Gasteiger partial charge in [-0.15, -0.1) is 0 Å². The van der Waals surface area contributed by atoms with Crippen LogP contribution in [0.3, 0.4) is 0 Å². The zero-order valence-corrected chi connectivity index (χ0v) is 17.0. The minimum atomic E-state index is -1.28. The van der Waals surface area contributed by atoms with Gasteiger partial charge in [-0.3, -0.25) is 4.79 Å². The van der Waals surface area contributed by atoms with E-state index in [0.717, 1.165) is 32.1 Å². The van der Waals surface area contributed by atoms with Crippen LogP contribution in [0.4, 0.5) is 0 Å². The van der Waals surface area contributed by atoms with Crippen LogP contribution in [0.15, 0.2) is 26.7 Å². The lowest BCUT2D eigenvalue weighted by atomic mass is 9.89. The molecule has 3 rings (SSSR count). The highest BCUT2D eigenvalue weighted by atomic mass is 16.5. The van der Waals surface area contributed by atoms with Crippen molar-refractivity contribution in [2.24, 2.45) is 0 Å². The number of hydrogen-bond donors (Lipinski definition) is 1. The van der Waals surface area contributed by atoms with Gasteiger partial charge in [0.25, 0.3) is 0 Å². The average Bonchev–Trinajstić information content (AvgIpc) is 2.67. The molecule has 1 saturated carbocycles. The van der Waals surface area contributed by atoms with Crippen molar-refractivity contribution in [1.82, 2.24) is 5.32 Å². The number of fused-ring (bicyclic) bond motifs is 1. The molecule has 0 aromatic carbocycles. The molecule has 1 unspecified atom stereocenters. The maximum absolute atomic E-state index is 12.8. The van der Waals surface area contributed by atoms with E-state index in [0.29, 0.717) is 5.76 Å². The fourth-order valence-corrected chi connectivity index (χ4v) is 3.80. The van der Waals surface area contributed by atoms with E-state index in [4.69, 9.17) is 18.6 Å². The summed E-state index contributed by atoms with van der Waals surface area (Å²) >= 11 is 0. The second-order valence-corrected chi connectivity index (χ2v) is 7.15. The van der Waals surface area contributed by atoms with E-state index in [1.54, 1.807) is 20.8 Å². The SMILES string of the molecule is CCOC(=O)C1=C(NC2CCCCC2)Oc2cc(C)oc(=O)c2C1C(=O)OCC. The standard InChI is InChI=1S/C21H27NO7/c1-4-26-19(23)16-15-14(11-12(3)28-21(15)25)29-18(17(16)20(24)27-5-2)22-13-9-7-6-8-10-13/h11,13,16,22H,4-10H2,1-3H3. The first-order chi connectivity index (χ1) is 14.0. The molecule has 0 bridgehead atoms. The van der Waals surface area contributed by atoms with Gasteiger partial charge in [-0.25, -0.2) is 9.59 Å². The number of aryl methyl sites for hydroxylation is 1. The van der Waals surface area contributed by atoms with Crippen LogP contribution in [-0.2, 0) is 19.1 Å². The van der Waals surface area contributed by atoms with E-state index in [2.05, 4.69) is 5.32 Å². The molecule has 1 aromatic rings. The highest BCUT2D eigenvalue weighted by Gasteiger charge is 2.44. The number of ether oxygens (including phenoxy) is 3. The molecule has 0 spiro atoms. The smallest absolute Gasteiger partial charge is 0.344 e. The Morgan fingerprint density at radius 1 is 1.14 bits per heavy atom. The lowest BCUT2D eigenvalue weighted by Crippen LogP contribution is -2.40. The van der Waals surface area contributed by atoms with E-state index >= 15 is 0 Å². The quantitative estimate of drug-likeness (QED) is 0.721. The maximum Gasteiger partial charge on any atom is 0.344 e. The molecule has 8 nitrogen and oxygen atoms in total. The van der Waals surface area contributed by atoms with Gasteiger partial charge < -0.3 is 23.9 Å². The molecule has 1 N–H and O–H groups in total. The third-order valence-corrected chi connectivity index (χ3v) is 5.07. The van der Waals surface area contributed by atoms with Gasteiger partial charge >= 0.3 is 17.6 Å². The first kappa shape index (κ1) is 21.0. The Balaban J connectivity index is 2.13. The summed E-state index contributed by atoms with van der Waals surface area (Å²) in [6.45, 7) is 5.16. The molecule has 1 aliphatic carbocycles. The molecule has 0 saturated heterocycles. The monoisotopic (exact) mass is 405 g/mol. The lowest BCUT2D eigenvalue weighted by Gasteiger charge is -2.31. The van der Waals surface area contributed by atoms with Crippen LogP contribution >= 0.6 is 0 Å². The Labute approximate surface area is 169 Å². The van der Waals surface area contributed by atoms with Crippen molar-refractivity contribution in [3.05, 3.63) is 39.3 Å². The largest absolute Gasteiger partial charge is 0.465 e. The van der Waals surface area contributed by atoms with E-state index in [9.17, 15) is 14.4 Å². The van der Waals surface area contributed by atoms with Crippen LogP contribution in [0, 0.1) is 6.92 Å². The zero-order valence-electron chi connectivity index (χ0n) is 17.0. The Morgan fingerprint density at radius 3 is 2.48 bits per heavy atom. The Hall–Kier alpha value is -2.77. The van der Waals surface area contributed by atoms with Crippen LogP contribution in [0.1, 0.15) is 63.2 Å². The summed E-state index contributed by atoms with van der Waals surface area (Å²) in [5.41, 5.74) is -0.845. The predicted octanol–water partition coefficient (Wildman–Crippen LogP) is 2.68. The Kier molecular flexibility index (Phi) is 6.61. The second-order valence-electron chi connectivity index (χ2n) is 7.15.